The number of carbonyl (C=O) groups is 2. The highest BCUT2D eigenvalue weighted by Crippen LogP contribution is 2.40. The number of halogens is 1. The normalized spacial score (nSPS) is 19.7. The summed E-state index contributed by atoms with van der Waals surface area (Å²) in [5, 5.41) is 25.1. The van der Waals surface area contributed by atoms with Gasteiger partial charge in [0.1, 0.15) is 11.9 Å². The molecule has 0 radical (unpaired) electrons. The number of carbonyl (C=O) groups excluding carboxylic acids is 2. The number of nitrogens with two attached hydrogens (primary N) is 2. The van der Waals surface area contributed by atoms with Crippen molar-refractivity contribution in [3.63, 3.8) is 0 Å². The lowest BCUT2D eigenvalue weighted by atomic mass is 9.79. The molecule has 3 aromatic rings. The van der Waals surface area contributed by atoms with Crippen molar-refractivity contribution < 1.29 is 19.1 Å². The van der Waals surface area contributed by atoms with Gasteiger partial charge in [0.2, 0.25) is 5.91 Å². The standard InChI is InChI=1S/C31H33FN6O3/c32-26-11-6-22(31(35,13-12-19-4-5-19)21-3-1-2-20(14-21)17-33)15-27(26)37-29(40)28-16-25(39)18-38(28)30(41)36-24-9-7-23(34)8-10-24/h1-3,6-11,14-15,19,25,28,39H,4-5,12-13,16,18,34-35H2,(H,36,41)(H,37,40). The fourth-order valence-corrected chi connectivity index (χ4v) is 5.32. The number of nitrogen functional groups attached to an aromatic ring is 1. The van der Waals surface area contributed by atoms with Gasteiger partial charge in [-0.1, -0.05) is 31.0 Å². The number of nitrogens with one attached hydrogen (secondary N) is 2. The van der Waals surface area contributed by atoms with E-state index in [1.54, 1.807) is 48.5 Å². The van der Waals surface area contributed by atoms with Crippen LogP contribution in [0.3, 0.4) is 0 Å². The van der Waals surface area contributed by atoms with Crippen molar-refractivity contribution in [3.8, 4) is 6.07 Å². The fourth-order valence-electron chi connectivity index (χ4n) is 5.32. The third-order valence-corrected chi connectivity index (χ3v) is 7.89. The molecule has 10 heteroatoms. The summed E-state index contributed by atoms with van der Waals surface area (Å²) in [7, 11) is 0. The molecule has 3 unspecified atom stereocenters. The molecule has 1 heterocycles. The van der Waals surface area contributed by atoms with Crippen molar-refractivity contribution >= 4 is 29.0 Å². The highest BCUT2D eigenvalue weighted by molar-refractivity contribution is 6.00. The smallest absolute Gasteiger partial charge is 0.322 e. The molecule has 1 aliphatic carbocycles. The number of hydrogen-bond donors (Lipinski definition) is 5. The van der Waals surface area contributed by atoms with Crippen LogP contribution in [-0.4, -0.2) is 40.6 Å². The van der Waals surface area contributed by atoms with E-state index in [2.05, 4.69) is 16.7 Å². The molecule has 9 nitrogen and oxygen atoms in total. The quantitative estimate of drug-likeness (QED) is 0.261. The second-order valence-electron chi connectivity index (χ2n) is 10.9. The summed E-state index contributed by atoms with van der Waals surface area (Å²) in [5.41, 5.74) is 14.4. The first-order valence-corrected chi connectivity index (χ1v) is 13.7. The summed E-state index contributed by atoms with van der Waals surface area (Å²) in [4.78, 5) is 27.6. The van der Waals surface area contributed by atoms with Crippen LogP contribution in [0.25, 0.3) is 0 Å². The summed E-state index contributed by atoms with van der Waals surface area (Å²) >= 11 is 0. The molecular formula is C31H33FN6O3. The molecule has 3 amide bonds. The van der Waals surface area contributed by atoms with Gasteiger partial charge in [0.05, 0.1) is 29.0 Å². The maximum absolute atomic E-state index is 15.1. The van der Waals surface area contributed by atoms with E-state index in [4.69, 9.17) is 11.5 Å². The lowest BCUT2D eigenvalue weighted by molar-refractivity contribution is -0.119. The summed E-state index contributed by atoms with van der Waals surface area (Å²) in [5.74, 6) is -0.693. The van der Waals surface area contributed by atoms with E-state index >= 15 is 4.39 Å². The Balaban J connectivity index is 1.38. The summed E-state index contributed by atoms with van der Waals surface area (Å²) < 4.78 is 15.1. The SMILES string of the molecule is N#Cc1cccc(C(N)(CCC2CC2)c2ccc(F)c(NC(=O)C3CC(O)CN3C(=O)Nc3ccc(N)cc3)c2)c1. The first-order valence-electron chi connectivity index (χ1n) is 13.7. The van der Waals surface area contributed by atoms with Gasteiger partial charge in [-0.2, -0.15) is 5.26 Å². The van der Waals surface area contributed by atoms with Crippen molar-refractivity contribution in [1.29, 1.82) is 5.26 Å². The van der Waals surface area contributed by atoms with Crippen LogP contribution < -0.4 is 22.1 Å². The van der Waals surface area contributed by atoms with Crippen LogP contribution in [-0.2, 0) is 10.3 Å². The van der Waals surface area contributed by atoms with E-state index in [9.17, 15) is 20.0 Å². The van der Waals surface area contributed by atoms with Crippen molar-refractivity contribution in [2.24, 2.45) is 11.7 Å². The van der Waals surface area contributed by atoms with E-state index < -0.39 is 35.4 Å². The number of benzene rings is 3. The number of hydrogen-bond acceptors (Lipinski definition) is 6. The first kappa shape index (κ1) is 28.1. The van der Waals surface area contributed by atoms with Crippen molar-refractivity contribution in [2.45, 2.75) is 49.8 Å². The molecule has 3 aromatic carbocycles. The van der Waals surface area contributed by atoms with Crippen LogP contribution in [0.15, 0.2) is 66.7 Å². The van der Waals surface area contributed by atoms with Gasteiger partial charge in [0, 0.05) is 24.3 Å². The molecular weight excluding hydrogens is 523 g/mol. The van der Waals surface area contributed by atoms with Gasteiger partial charge in [-0.05, 0) is 78.4 Å². The van der Waals surface area contributed by atoms with Crippen LogP contribution >= 0.6 is 0 Å². The summed E-state index contributed by atoms with van der Waals surface area (Å²) in [6.45, 7) is -0.0519. The number of β-amino-alcohol motifs (C(OH)–C–C–N with tert-alkyl or cyclic N) is 1. The van der Waals surface area contributed by atoms with Crippen molar-refractivity contribution in [3.05, 3.63) is 89.2 Å². The number of rotatable bonds is 8. The molecule has 0 aromatic heterocycles. The number of aliphatic hydroxyl groups is 1. The Hall–Kier alpha value is -4.46. The lowest BCUT2D eigenvalue weighted by Gasteiger charge is -2.32. The molecule has 5 rings (SSSR count). The van der Waals surface area contributed by atoms with E-state index in [0.29, 0.717) is 34.8 Å². The number of amides is 3. The van der Waals surface area contributed by atoms with E-state index in [1.165, 1.54) is 17.0 Å². The molecule has 2 aliphatic rings. The molecule has 3 atom stereocenters. The largest absolute Gasteiger partial charge is 0.399 e. The van der Waals surface area contributed by atoms with Crippen LogP contribution in [0.2, 0.25) is 0 Å². The van der Waals surface area contributed by atoms with Gasteiger partial charge in [-0.25, -0.2) is 9.18 Å². The topological polar surface area (TPSA) is 158 Å². The Kier molecular flexibility index (Phi) is 7.92. The average molecular weight is 557 g/mol. The lowest BCUT2D eigenvalue weighted by Crippen LogP contribution is -2.45. The minimum Gasteiger partial charge on any atom is -0.399 e. The van der Waals surface area contributed by atoms with Gasteiger partial charge in [0.25, 0.3) is 0 Å². The Morgan fingerprint density at radius 1 is 1.07 bits per heavy atom. The second kappa shape index (κ2) is 11.6. The van der Waals surface area contributed by atoms with Crippen LogP contribution in [0.1, 0.15) is 48.8 Å². The Labute approximate surface area is 237 Å². The highest BCUT2D eigenvalue weighted by Gasteiger charge is 2.40. The molecule has 0 bridgehead atoms. The monoisotopic (exact) mass is 556 g/mol. The molecule has 41 heavy (non-hydrogen) atoms. The Morgan fingerprint density at radius 2 is 1.80 bits per heavy atom. The van der Waals surface area contributed by atoms with Crippen LogP contribution in [0, 0.1) is 23.1 Å². The molecule has 2 fully saturated rings. The van der Waals surface area contributed by atoms with E-state index in [1.807, 2.05) is 6.07 Å². The number of urea groups is 1. The predicted molar refractivity (Wildman–Crippen MR) is 154 cm³/mol. The van der Waals surface area contributed by atoms with E-state index in [-0.39, 0.29) is 18.7 Å². The minimum atomic E-state index is -1.02. The summed E-state index contributed by atoms with van der Waals surface area (Å²) in [6.07, 6.45) is 2.85. The highest BCUT2D eigenvalue weighted by atomic mass is 19.1. The molecule has 0 spiro atoms. The number of nitrogens with zero attached hydrogens (tertiary/aromatic N) is 2. The Morgan fingerprint density at radius 3 is 2.51 bits per heavy atom. The molecule has 1 saturated carbocycles. The first-order chi connectivity index (χ1) is 19.7. The molecule has 1 saturated heterocycles. The summed E-state index contributed by atoms with van der Waals surface area (Å²) in [6, 6.07) is 18.5. The van der Waals surface area contributed by atoms with Gasteiger partial charge in [0.15, 0.2) is 0 Å². The number of nitriles is 1. The molecule has 1 aliphatic heterocycles. The maximum Gasteiger partial charge on any atom is 0.322 e. The van der Waals surface area contributed by atoms with Crippen molar-refractivity contribution in [2.75, 3.05) is 22.9 Å². The number of likely N-dealkylation sites (tertiary alicyclic amines) is 1. The number of aliphatic hydroxyl groups excluding tert-OH is 1. The van der Waals surface area contributed by atoms with Gasteiger partial charge < -0.3 is 32.1 Å². The third kappa shape index (κ3) is 6.32. The van der Waals surface area contributed by atoms with Crippen molar-refractivity contribution in [1.82, 2.24) is 4.90 Å². The second-order valence-corrected chi connectivity index (χ2v) is 10.9. The predicted octanol–water partition coefficient (Wildman–Crippen LogP) is 4.28. The third-order valence-electron chi connectivity index (χ3n) is 7.89. The van der Waals surface area contributed by atoms with E-state index in [0.717, 1.165) is 24.8 Å². The molecule has 212 valence electrons. The van der Waals surface area contributed by atoms with Gasteiger partial charge >= 0.3 is 6.03 Å². The van der Waals surface area contributed by atoms with Crippen LogP contribution in [0.4, 0.5) is 26.2 Å². The minimum absolute atomic E-state index is 0.00542. The molecule has 7 N–H and O–H groups in total. The van der Waals surface area contributed by atoms with Crippen LogP contribution in [0.5, 0.6) is 0 Å². The maximum atomic E-state index is 15.1. The fraction of sp³-hybridized carbons (Fsp3) is 0.323. The zero-order chi connectivity index (χ0) is 29.1. The van der Waals surface area contributed by atoms with Gasteiger partial charge in [-0.3, -0.25) is 4.79 Å². The number of anilines is 3. The van der Waals surface area contributed by atoms with Gasteiger partial charge in [-0.15, -0.1) is 0 Å². The zero-order valence-electron chi connectivity index (χ0n) is 22.5. The zero-order valence-corrected chi connectivity index (χ0v) is 22.5. The average Bonchev–Trinajstić information content (AvgIpc) is 3.72. The Bertz CT molecular complexity index is 1490.